The van der Waals surface area contributed by atoms with Crippen LogP contribution in [-0.2, 0) is 6.54 Å². The van der Waals surface area contributed by atoms with E-state index in [1.165, 1.54) is 11.3 Å². The highest BCUT2D eigenvalue weighted by Gasteiger charge is 2.11. The summed E-state index contributed by atoms with van der Waals surface area (Å²) in [5.41, 5.74) is 1.16. The van der Waals surface area contributed by atoms with Crippen LogP contribution < -0.4 is 5.32 Å². The van der Waals surface area contributed by atoms with E-state index in [1.807, 2.05) is 29.5 Å². The molecule has 0 amide bonds. The highest BCUT2D eigenvalue weighted by atomic mass is 35.5. The highest BCUT2D eigenvalue weighted by molar-refractivity contribution is 7.10. The van der Waals surface area contributed by atoms with Crippen molar-refractivity contribution in [2.75, 3.05) is 0 Å². The molecule has 1 aromatic heterocycles. The van der Waals surface area contributed by atoms with E-state index in [9.17, 15) is 0 Å². The number of halogens is 1. The standard InChI is InChI=1S/C15H18ClNS/c1-2-6-14(15-9-5-10-18-15)17-11-12-7-3-4-8-13(12)16/h3-5,7-10,14,17H,2,6,11H2,1H3. The Morgan fingerprint density at radius 2 is 2.06 bits per heavy atom. The van der Waals surface area contributed by atoms with Gasteiger partial charge in [0, 0.05) is 22.5 Å². The molecule has 1 aromatic carbocycles. The van der Waals surface area contributed by atoms with Gasteiger partial charge in [0.2, 0.25) is 0 Å². The molecular formula is C15H18ClNS. The van der Waals surface area contributed by atoms with E-state index in [2.05, 4.69) is 35.8 Å². The third kappa shape index (κ3) is 3.58. The average Bonchev–Trinajstić information content (AvgIpc) is 2.90. The van der Waals surface area contributed by atoms with Crippen molar-refractivity contribution in [1.29, 1.82) is 0 Å². The monoisotopic (exact) mass is 279 g/mol. The Bertz CT molecular complexity index is 467. The Morgan fingerprint density at radius 1 is 1.22 bits per heavy atom. The van der Waals surface area contributed by atoms with Gasteiger partial charge in [-0.2, -0.15) is 0 Å². The van der Waals surface area contributed by atoms with Gasteiger partial charge in [-0.25, -0.2) is 0 Å². The molecule has 0 saturated heterocycles. The van der Waals surface area contributed by atoms with E-state index in [-0.39, 0.29) is 0 Å². The zero-order valence-corrected chi connectivity index (χ0v) is 12.1. The van der Waals surface area contributed by atoms with Crippen LogP contribution in [0.25, 0.3) is 0 Å². The summed E-state index contributed by atoms with van der Waals surface area (Å²) in [7, 11) is 0. The minimum Gasteiger partial charge on any atom is -0.305 e. The molecule has 2 aromatic rings. The van der Waals surface area contributed by atoms with E-state index < -0.39 is 0 Å². The van der Waals surface area contributed by atoms with Gasteiger partial charge in [-0.3, -0.25) is 0 Å². The predicted octanol–water partition coefficient (Wildman–Crippen LogP) is 5.03. The van der Waals surface area contributed by atoms with Gasteiger partial charge < -0.3 is 5.32 Å². The molecule has 1 unspecified atom stereocenters. The van der Waals surface area contributed by atoms with E-state index in [1.54, 1.807) is 0 Å². The lowest BCUT2D eigenvalue weighted by Gasteiger charge is -2.17. The van der Waals surface area contributed by atoms with Crippen molar-refractivity contribution in [3.63, 3.8) is 0 Å². The van der Waals surface area contributed by atoms with Crippen molar-refractivity contribution in [1.82, 2.24) is 5.32 Å². The van der Waals surface area contributed by atoms with E-state index >= 15 is 0 Å². The molecule has 1 N–H and O–H groups in total. The number of nitrogens with one attached hydrogen (secondary N) is 1. The maximum atomic E-state index is 6.17. The normalized spacial score (nSPS) is 12.6. The van der Waals surface area contributed by atoms with Crippen LogP contribution in [0.1, 0.15) is 36.2 Å². The fourth-order valence-electron chi connectivity index (χ4n) is 2.00. The van der Waals surface area contributed by atoms with Gasteiger partial charge in [0.1, 0.15) is 0 Å². The predicted molar refractivity (Wildman–Crippen MR) is 80.3 cm³/mol. The lowest BCUT2D eigenvalue weighted by molar-refractivity contribution is 0.500. The van der Waals surface area contributed by atoms with Gasteiger partial charge in [0.25, 0.3) is 0 Å². The Kier molecular flexibility index (Phi) is 5.24. The molecular weight excluding hydrogens is 262 g/mol. The maximum absolute atomic E-state index is 6.17. The molecule has 0 aliphatic heterocycles. The molecule has 3 heteroatoms. The molecule has 0 aliphatic carbocycles. The average molecular weight is 280 g/mol. The van der Waals surface area contributed by atoms with Gasteiger partial charge in [-0.05, 0) is 29.5 Å². The first kappa shape index (κ1) is 13.6. The Balaban J connectivity index is 2.00. The van der Waals surface area contributed by atoms with Gasteiger partial charge in [-0.15, -0.1) is 11.3 Å². The zero-order valence-electron chi connectivity index (χ0n) is 10.5. The van der Waals surface area contributed by atoms with Crippen LogP contribution in [0.3, 0.4) is 0 Å². The summed E-state index contributed by atoms with van der Waals surface area (Å²) in [6, 6.07) is 12.8. The Morgan fingerprint density at radius 3 is 2.72 bits per heavy atom. The SMILES string of the molecule is CCCC(NCc1ccccc1Cl)c1cccs1. The molecule has 0 aliphatic rings. The number of benzene rings is 1. The van der Waals surface area contributed by atoms with Crippen LogP contribution in [0.5, 0.6) is 0 Å². The largest absolute Gasteiger partial charge is 0.305 e. The van der Waals surface area contributed by atoms with Crippen LogP contribution in [-0.4, -0.2) is 0 Å². The van der Waals surface area contributed by atoms with E-state index in [0.29, 0.717) is 6.04 Å². The second-order valence-corrected chi connectivity index (χ2v) is 5.72. The summed E-state index contributed by atoms with van der Waals surface area (Å²) in [5, 5.41) is 6.58. The van der Waals surface area contributed by atoms with Crippen LogP contribution in [0.4, 0.5) is 0 Å². The highest BCUT2D eigenvalue weighted by Crippen LogP contribution is 2.24. The van der Waals surface area contributed by atoms with Crippen molar-refractivity contribution in [2.24, 2.45) is 0 Å². The minimum atomic E-state index is 0.436. The molecule has 1 nitrogen and oxygen atoms in total. The Hall–Kier alpha value is -0.830. The maximum Gasteiger partial charge on any atom is 0.0450 e. The molecule has 96 valence electrons. The van der Waals surface area contributed by atoms with Crippen molar-refractivity contribution in [2.45, 2.75) is 32.4 Å². The quantitative estimate of drug-likeness (QED) is 0.782. The van der Waals surface area contributed by atoms with E-state index in [4.69, 9.17) is 11.6 Å². The van der Waals surface area contributed by atoms with Gasteiger partial charge in [-0.1, -0.05) is 49.2 Å². The molecule has 0 radical (unpaired) electrons. The van der Waals surface area contributed by atoms with Crippen molar-refractivity contribution in [3.8, 4) is 0 Å². The van der Waals surface area contributed by atoms with Gasteiger partial charge in [0.15, 0.2) is 0 Å². The number of hydrogen-bond donors (Lipinski definition) is 1. The smallest absolute Gasteiger partial charge is 0.0450 e. The topological polar surface area (TPSA) is 12.0 Å². The molecule has 0 fully saturated rings. The summed E-state index contributed by atoms with van der Waals surface area (Å²) in [4.78, 5) is 1.41. The van der Waals surface area contributed by atoms with Gasteiger partial charge >= 0.3 is 0 Å². The fourth-order valence-corrected chi connectivity index (χ4v) is 3.04. The minimum absolute atomic E-state index is 0.436. The summed E-state index contributed by atoms with van der Waals surface area (Å²) < 4.78 is 0. The van der Waals surface area contributed by atoms with Crippen molar-refractivity contribution >= 4 is 22.9 Å². The number of thiophene rings is 1. The zero-order chi connectivity index (χ0) is 12.8. The molecule has 0 saturated carbocycles. The molecule has 18 heavy (non-hydrogen) atoms. The van der Waals surface area contributed by atoms with Crippen LogP contribution in [0.15, 0.2) is 41.8 Å². The number of hydrogen-bond acceptors (Lipinski definition) is 2. The first-order chi connectivity index (χ1) is 8.81. The third-order valence-electron chi connectivity index (χ3n) is 2.96. The van der Waals surface area contributed by atoms with Crippen molar-refractivity contribution < 1.29 is 0 Å². The van der Waals surface area contributed by atoms with Crippen LogP contribution in [0.2, 0.25) is 5.02 Å². The first-order valence-corrected chi connectivity index (χ1v) is 7.57. The first-order valence-electron chi connectivity index (χ1n) is 6.31. The molecule has 1 heterocycles. The fraction of sp³-hybridized carbons (Fsp3) is 0.333. The third-order valence-corrected chi connectivity index (χ3v) is 4.32. The second kappa shape index (κ2) is 6.93. The molecule has 0 bridgehead atoms. The summed E-state index contributed by atoms with van der Waals surface area (Å²) in [6.45, 7) is 3.04. The summed E-state index contributed by atoms with van der Waals surface area (Å²) >= 11 is 7.99. The lowest BCUT2D eigenvalue weighted by atomic mass is 10.1. The molecule has 0 spiro atoms. The van der Waals surface area contributed by atoms with E-state index in [0.717, 1.165) is 23.6 Å². The summed E-state index contributed by atoms with van der Waals surface area (Å²) in [5.74, 6) is 0. The van der Waals surface area contributed by atoms with Crippen LogP contribution >= 0.6 is 22.9 Å². The molecule has 2 rings (SSSR count). The summed E-state index contributed by atoms with van der Waals surface area (Å²) in [6.07, 6.45) is 2.34. The number of rotatable bonds is 6. The Labute approximate surface area is 118 Å². The van der Waals surface area contributed by atoms with Crippen LogP contribution in [0, 0.1) is 0 Å². The molecule has 1 atom stereocenters. The van der Waals surface area contributed by atoms with Gasteiger partial charge in [0.05, 0.1) is 0 Å². The second-order valence-electron chi connectivity index (χ2n) is 4.33. The lowest BCUT2D eigenvalue weighted by Crippen LogP contribution is -2.20. The van der Waals surface area contributed by atoms with Crippen molar-refractivity contribution in [3.05, 3.63) is 57.2 Å².